The van der Waals surface area contributed by atoms with E-state index in [1.54, 1.807) is 13.8 Å². The summed E-state index contributed by atoms with van der Waals surface area (Å²) in [4.78, 5) is 25.2. The minimum absolute atomic E-state index is 0.0353. The van der Waals surface area contributed by atoms with E-state index in [-0.39, 0.29) is 5.69 Å². The molecule has 1 aromatic heterocycles. The number of carbonyl (C=O) groups is 1. The van der Waals surface area contributed by atoms with Crippen molar-refractivity contribution in [2.75, 3.05) is 0 Å². The van der Waals surface area contributed by atoms with Gasteiger partial charge in [0.05, 0.1) is 28.6 Å². The Labute approximate surface area is 112 Å². The third-order valence-corrected chi connectivity index (χ3v) is 3.00. The summed E-state index contributed by atoms with van der Waals surface area (Å²) >= 11 is 0. The molecule has 0 atom stereocenters. The summed E-state index contributed by atoms with van der Waals surface area (Å²) in [6.07, 6.45) is 1.33. The first-order chi connectivity index (χ1) is 9.32. The van der Waals surface area contributed by atoms with Crippen molar-refractivity contribution in [2.45, 2.75) is 13.8 Å². The molecule has 0 amide bonds. The number of benzene rings is 1. The molecule has 7 nitrogen and oxygen atoms in total. The normalized spacial score (nSPS) is 10.6. The number of hydrogen-bond donors (Lipinski definition) is 1. The molecule has 2 rings (SSSR count). The zero-order valence-corrected chi connectivity index (χ0v) is 10.6. The molecule has 0 fully saturated rings. The number of aromatic nitrogens is 2. The number of rotatable bonds is 3. The van der Waals surface area contributed by atoms with Crippen LogP contribution in [0.3, 0.4) is 0 Å². The van der Waals surface area contributed by atoms with Crippen molar-refractivity contribution in [3.8, 4) is 5.69 Å². The quantitative estimate of drug-likeness (QED) is 0.686. The molecule has 0 spiro atoms. The summed E-state index contributed by atoms with van der Waals surface area (Å²) in [6, 6.07) is 1.54. The molecule has 0 aliphatic carbocycles. The fraction of sp³-hybridized carbons (Fsp3) is 0.167. The molecule has 0 unspecified atom stereocenters. The van der Waals surface area contributed by atoms with E-state index in [0.717, 1.165) is 6.07 Å². The van der Waals surface area contributed by atoms with Crippen LogP contribution in [0, 0.1) is 29.8 Å². The first-order valence-corrected chi connectivity index (χ1v) is 5.55. The number of imidazole rings is 1. The van der Waals surface area contributed by atoms with Crippen LogP contribution in [0.2, 0.25) is 0 Å². The van der Waals surface area contributed by atoms with Gasteiger partial charge in [-0.3, -0.25) is 14.7 Å². The van der Waals surface area contributed by atoms with Crippen molar-refractivity contribution in [2.24, 2.45) is 0 Å². The number of halogens is 1. The van der Waals surface area contributed by atoms with Crippen LogP contribution in [0.15, 0.2) is 18.5 Å². The van der Waals surface area contributed by atoms with Gasteiger partial charge in [-0.15, -0.1) is 0 Å². The first-order valence-electron chi connectivity index (χ1n) is 5.55. The lowest BCUT2D eigenvalue weighted by molar-refractivity contribution is -0.384. The number of aryl methyl sites for hydroxylation is 1. The molecule has 20 heavy (non-hydrogen) atoms. The van der Waals surface area contributed by atoms with Crippen molar-refractivity contribution >= 4 is 11.7 Å². The van der Waals surface area contributed by atoms with Gasteiger partial charge in [-0.05, 0) is 19.9 Å². The van der Waals surface area contributed by atoms with E-state index in [9.17, 15) is 19.3 Å². The lowest BCUT2D eigenvalue weighted by Gasteiger charge is -2.08. The van der Waals surface area contributed by atoms with Crippen LogP contribution in [-0.4, -0.2) is 25.6 Å². The first kappa shape index (κ1) is 13.7. The van der Waals surface area contributed by atoms with Crippen molar-refractivity contribution in [1.29, 1.82) is 0 Å². The zero-order chi connectivity index (χ0) is 15.0. The number of nitro groups is 1. The van der Waals surface area contributed by atoms with Crippen molar-refractivity contribution in [1.82, 2.24) is 9.55 Å². The van der Waals surface area contributed by atoms with Crippen LogP contribution in [-0.2, 0) is 0 Å². The van der Waals surface area contributed by atoms with Crippen LogP contribution >= 0.6 is 0 Å². The maximum absolute atomic E-state index is 13.6. The third kappa shape index (κ3) is 2.11. The second-order valence-corrected chi connectivity index (χ2v) is 4.17. The Morgan fingerprint density at radius 1 is 1.45 bits per heavy atom. The number of carboxylic acids is 1. The minimum Gasteiger partial charge on any atom is -0.478 e. The van der Waals surface area contributed by atoms with E-state index in [1.807, 2.05) is 0 Å². The largest absolute Gasteiger partial charge is 0.478 e. The Balaban J connectivity index is 2.79. The third-order valence-electron chi connectivity index (χ3n) is 3.00. The van der Waals surface area contributed by atoms with Crippen molar-refractivity contribution < 1.29 is 19.2 Å². The standard InChI is InChI=1S/C12H10FN3O4/c1-6-7(2)15(5-14-6)10-3-8(12(17)18)9(13)4-11(10)16(19)20/h3-5H,1-2H3,(H,17,18). The molecule has 1 aromatic carbocycles. The summed E-state index contributed by atoms with van der Waals surface area (Å²) < 4.78 is 14.9. The van der Waals surface area contributed by atoms with Gasteiger partial charge < -0.3 is 5.11 Å². The molecule has 1 heterocycles. The Hall–Kier alpha value is -2.77. The van der Waals surface area contributed by atoms with Crippen LogP contribution in [0.5, 0.6) is 0 Å². The monoisotopic (exact) mass is 279 g/mol. The molecule has 0 saturated heterocycles. The fourth-order valence-electron chi connectivity index (χ4n) is 1.80. The summed E-state index contributed by atoms with van der Waals surface area (Å²) in [5, 5.41) is 19.9. The predicted molar refractivity (Wildman–Crippen MR) is 66.6 cm³/mol. The van der Waals surface area contributed by atoms with Gasteiger partial charge in [-0.25, -0.2) is 14.2 Å². The molecule has 0 radical (unpaired) electrons. The Bertz CT molecular complexity index is 724. The van der Waals surface area contributed by atoms with Gasteiger partial charge in [0.2, 0.25) is 0 Å². The van der Waals surface area contributed by atoms with E-state index < -0.39 is 28.0 Å². The molecule has 0 aliphatic rings. The summed E-state index contributed by atoms with van der Waals surface area (Å²) in [7, 11) is 0. The van der Waals surface area contributed by atoms with E-state index in [2.05, 4.69) is 4.98 Å². The van der Waals surface area contributed by atoms with Gasteiger partial charge in [0.25, 0.3) is 5.69 Å². The Morgan fingerprint density at radius 3 is 2.55 bits per heavy atom. The van der Waals surface area contributed by atoms with Crippen LogP contribution in [0.25, 0.3) is 5.69 Å². The highest BCUT2D eigenvalue weighted by Gasteiger charge is 2.23. The molecule has 1 N–H and O–H groups in total. The zero-order valence-electron chi connectivity index (χ0n) is 10.6. The number of nitrogens with zero attached hydrogens (tertiary/aromatic N) is 3. The van der Waals surface area contributed by atoms with E-state index >= 15 is 0 Å². The maximum atomic E-state index is 13.6. The molecule has 0 saturated carbocycles. The van der Waals surface area contributed by atoms with Gasteiger partial charge in [-0.2, -0.15) is 0 Å². The second kappa shape index (κ2) is 4.72. The SMILES string of the molecule is Cc1ncn(-c2cc(C(=O)O)c(F)cc2[N+](=O)[O-])c1C. The highest BCUT2D eigenvalue weighted by Crippen LogP contribution is 2.28. The smallest absolute Gasteiger partial charge is 0.338 e. The Kier molecular flexibility index (Phi) is 3.23. The van der Waals surface area contributed by atoms with Gasteiger partial charge in [-0.1, -0.05) is 0 Å². The topological polar surface area (TPSA) is 98.3 Å². The average Bonchev–Trinajstić information content (AvgIpc) is 2.69. The molecule has 104 valence electrons. The Morgan fingerprint density at radius 2 is 2.10 bits per heavy atom. The van der Waals surface area contributed by atoms with Crippen LogP contribution < -0.4 is 0 Å². The van der Waals surface area contributed by atoms with Crippen LogP contribution in [0.4, 0.5) is 10.1 Å². The maximum Gasteiger partial charge on any atom is 0.338 e. The number of carboxylic acid groups (broad SMARTS) is 1. The van der Waals surface area contributed by atoms with Gasteiger partial charge >= 0.3 is 5.97 Å². The number of nitro benzene ring substituents is 1. The van der Waals surface area contributed by atoms with Gasteiger partial charge in [0.1, 0.15) is 11.5 Å². The summed E-state index contributed by atoms with van der Waals surface area (Å²) in [5.41, 5.74) is 0.0628. The fourth-order valence-corrected chi connectivity index (χ4v) is 1.80. The molecule has 0 bridgehead atoms. The number of hydrogen-bond acceptors (Lipinski definition) is 4. The lowest BCUT2D eigenvalue weighted by atomic mass is 10.1. The van der Waals surface area contributed by atoms with Crippen LogP contribution in [0.1, 0.15) is 21.7 Å². The summed E-state index contributed by atoms with van der Waals surface area (Å²) in [5.74, 6) is -2.64. The molecule has 0 aliphatic heterocycles. The van der Waals surface area contributed by atoms with Gasteiger partial charge in [0, 0.05) is 5.69 Å². The second-order valence-electron chi connectivity index (χ2n) is 4.17. The van der Waals surface area contributed by atoms with Crippen molar-refractivity contribution in [3.63, 3.8) is 0 Å². The van der Waals surface area contributed by atoms with E-state index in [4.69, 9.17) is 5.11 Å². The van der Waals surface area contributed by atoms with Crippen molar-refractivity contribution in [3.05, 3.63) is 51.3 Å². The minimum atomic E-state index is -1.49. The molecular formula is C12H10FN3O4. The highest BCUT2D eigenvalue weighted by atomic mass is 19.1. The van der Waals surface area contributed by atoms with Gasteiger partial charge in [0.15, 0.2) is 0 Å². The lowest BCUT2D eigenvalue weighted by Crippen LogP contribution is -2.07. The molecule has 2 aromatic rings. The number of aromatic carboxylic acids is 1. The average molecular weight is 279 g/mol. The van der Waals surface area contributed by atoms with E-state index in [0.29, 0.717) is 17.5 Å². The van der Waals surface area contributed by atoms with E-state index in [1.165, 1.54) is 10.9 Å². The molecular weight excluding hydrogens is 269 g/mol. The highest BCUT2D eigenvalue weighted by molar-refractivity contribution is 5.89. The predicted octanol–water partition coefficient (Wildman–Crippen LogP) is 2.23. The summed E-state index contributed by atoms with van der Waals surface area (Å²) in [6.45, 7) is 3.38. The molecule has 8 heteroatoms.